The molecule has 1 aliphatic rings. The maximum atomic E-state index is 11.9. The van der Waals surface area contributed by atoms with Crippen molar-refractivity contribution in [2.24, 2.45) is 0 Å². The van der Waals surface area contributed by atoms with E-state index in [-0.39, 0.29) is 11.8 Å². The molecule has 2 amide bonds. The van der Waals surface area contributed by atoms with Crippen molar-refractivity contribution in [1.29, 1.82) is 0 Å². The number of carbonyl (C=O) groups is 2. The standard InChI is InChI=1S/C17H19N3O2S/c1-19(2)17(22)10-15-18-14(11-23-15)12-5-3-6-13(9-12)20-8-4-7-16(20)21/h3,5-6,9,11H,4,7-8,10H2,1-2H3. The number of aromatic nitrogens is 1. The minimum Gasteiger partial charge on any atom is -0.348 e. The van der Waals surface area contributed by atoms with Gasteiger partial charge in [0.2, 0.25) is 11.8 Å². The highest BCUT2D eigenvalue weighted by atomic mass is 32.1. The molecule has 0 unspecified atom stereocenters. The van der Waals surface area contributed by atoms with Gasteiger partial charge in [0.05, 0.1) is 12.1 Å². The molecule has 0 saturated carbocycles. The molecule has 1 fully saturated rings. The van der Waals surface area contributed by atoms with E-state index in [0.717, 1.165) is 34.9 Å². The van der Waals surface area contributed by atoms with Crippen molar-refractivity contribution in [1.82, 2.24) is 9.88 Å². The van der Waals surface area contributed by atoms with Gasteiger partial charge in [-0.15, -0.1) is 11.3 Å². The Morgan fingerprint density at radius 3 is 2.91 bits per heavy atom. The van der Waals surface area contributed by atoms with Gasteiger partial charge in [0, 0.05) is 43.7 Å². The Morgan fingerprint density at radius 2 is 2.22 bits per heavy atom. The second kappa shape index (κ2) is 6.50. The summed E-state index contributed by atoms with van der Waals surface area (Å²) in [6.07, 6.45) is 1.86. The quantitative estimate of drug-likeness (QED) is 0.866. The zero-order valence-corrected chi connectivity index (χ0v) is 14.1. The van der Waals surface area contributed by atoms with E-state index >= 15 is 0 Å². The van der Waals surface area contributed by atoms with Gasteiger partial charge in [0.15, 0.2) is 0 Å². The summed E-state index contributed by atoms with van der Waals surface area (Å²) in [6, 6.07) is 7.88. The van der Waals surface area contributed by atoms with Gasteiger partial charge >= 0.3 is 0 Å². The summed E-state index contributed by atoms with van der Waals surface area (Å²) >= 11 is 1.49. The summed E-state index contributed by atoms with van der Waals surface area (Å²) in [6.45, 7) is 0.780. The number of thiazole rings is 1. The molecule has 0 N–H and O–H groups in total. The monoisotopic (exact) mass is 329 g/mol. The van der Waals surface area contributed by atoms with Crippen LogP contribution in [0.1, 0.15) is 17.8 Å². The first-order chi connectivity index (χ1) is 11.0. The van der Waals surface area contributed by atoms with Crippen LogP contribution in [0.2, 0.25) is 0 Å². The number of amides is 2. The van der Waals surface area contributed by atoms with E-state index in [1.165, 1.54) is 11.3 Å². The third kappa shape index (κ3) is 3.42. The minimum atomic E-state index is 0.0438. The van der Waals surface area contributed by atoms with Crippen LogP contribution in [0.3, 0.4) is 0 Å². The van der Waals surface area contributed by atoms with Crippen LogP contribution in [0.25, 0.3) is 11.3 Å². The molecule has 1 aromatic heterocycles. The van der Waals surface area contributed by atoms with E-state index in [0.29, 0.717) is 12.8 Å². The lowest BCUT2D eigenvalue weighted by Crippen LogP contribution is -2.23. The maximum absolute atomic E-state index is 11.9. The average Bonchev–Trinajstić information content (AvgIpc) is 3.16. The molecule has 0 aliphatic carbocycles. The molecule has 3 rings (SSSR count). The lowest BCUT2D eigenvalue weighted by atomic mass is 10.1. The Kier molecular flexibility index (Phi) is 4.43. The first-order valence-electron chi connectivity index (χ1n) is 7.60. The molecule has 0 spiro atoms. The van der Waals surface area contributed by atoms with E-state index in [1.807, 2.05) is 34.5 Å². The molecule has 1 saturated heterocycles. The Morgan fingerprint density at radius 1 is 1.39 bits per heavy atom. The molecule has 1 aliphatic heterocycles. The molecule has 5 nitrogen and oxygen atoms in total. The second-order valence-corrected chi connectivity index (χ2v) is 6.73. The summed E-state index contributed by atoms with van der Waals surface area (Å²) in [5.41, 5.74) is 2.75. The molecule has 6 heteroatoms. The molecule has 0 radical (unpaired) electrons. The summed E-state index contributed by atoms with van der Waals surface area (Å²) < 4.78 is 0. The number of nitrogens with zero attached hydrogens (tertiary/aromatic N) is 3. The lowest BCUT2D eigenvalue weighted by Gasteiger charge is -2.16. The zero-order chi connectivity index (χ0) is 16.4. The van der Waals surface area contributed by atoms with Crippen LogP contribution in [0, 0.1) is 0 Å². The highest BCUT2D eigenvalue weighted by Crippen LogP contribution is 2.28. The van der Waals surface area contributed by atoms with Crippen LogP contribution in [0.15, 0.2) is 29.6 Å². The molecule has 2 heterocycles. The Balaban J connectivity index is 1.81. The molecule has 23 heavy (non-hydrogen) atoms. The van der Waals surface area contributed by atoms with Crippen molar-refractivity contribution in [3.05, 3.63) is 34.7 Å². The normalized spacial score (nSPS) is 14.3. The van der Waals surface area contributed by atoms with Gasteiger partial charge in [-0.1, -0.05) is 12.1 Å². The van der Waals surface area contributed by atoms with E-state index in [2.05, 4.69) is 4.98 Å². The topological polar surface area (TPSA) is 53.5 Å². The largest absolute Gasteiger partial charge is 0.348 e. The van der Waals surface area contributed by atoms with Crippen LogP contribution in [0.4, 0.5) is 5.69 Å². The van der Waals surface area contributed by atoms with Crippen LogP contribution in [0.5, 0.6) is 0 Å². The van der Waals surface area contributed by atoms with Crippen LogP contribution < -0.4 is 4.90 Å². The SMILES string of the molecule is CN(C)C(=O)Cc1nc(-c2cccc(N3CCCC3=O)c2)cs1. The highest BCUT2D eigenvalue weighted by Gasteiger charge is 2.22. The van der Waals surface area contributed by atoms with Crippen molar-refractivity contribution in [2.75, 3.05) is 25.5 Å². The number of anilines is 1. The molecule has 0 atom stereocenters. The van der Waals surface area contributed by atoms with Gasteiger partial charge in [-0.05, 0) is 18.6 Å². The maximum Gasteiger partial charge on any atom is 0.228 e. The number of hydrogen-bond acceptors (Lipinski definition) is 4. The van der Waals surface area contributed by atoms with Crippen molar-refractivity contribution >= 4 is 28.8 Å². The third-order valence-electron chi connectivity index (χ3n) is 3.88. The molecule has 2 aromatic rings. The summed E-state index contributed by atoms with van der Waals surface area (Å²) in [5, 5.41) is 2.77. The first-order valence-corrected chi connectivity index (χ1v) is 8.48. The zero-order valence-electron chi connectivity index (χ0n) is 13.3. The first kappa shape index (κ1) is 15.7. The van der Waals surface area contributed by atoms with Crippen LogP contribution in [-0.4, -0.2) is 42.3 Å². The van der Waals surface area contributed by atoms with Crippen molar-refractivity contribution < 1.29 is 9.59 Å². The van der Waals surface area contributed by atoms with Crippen molar-refractivity contribution in [3.8, 4) is 11.3 Å². The van der Waals surface area contributed by atoms with E-state index < -0.39 is 0 Å². The lowest BCUT2D eigenvalue weighted by molar-refractivity contribution is -0.128. The van der Waals surface area contributed by atoms with Gasteiger partial charge in [-0.2, -0.15) is 0 Å². The van der Waals surface area contributed by atoms with Gasteiger partial charge < -0.3 is 9.80 Å². The predicted octanol–water partition coefficient (Wildman–Crippen LogP) is 2.57. The van der Waals surface area contributed by atoms with Gasteiger partial charge in [0.25, 0.3) is 0 Å². The van der Waals surface area contributed by atoms with Gasteiger partial charge in [-0.3, -0.25) is 9.59 Å². The molecule has 0 bridgehead atoms. The number of hydrogen-bond donors (Lipinski definition) is 0. The van der Waals surface area contributed by atoms with Gasteiger partial charge in [0.1, 0.15) is 5.01 Å². The molecular weight excluding hydrogens is 310 g/mol. The van der Waals surface area contributed by atoms with E-state index in [9.17, 15) is 9.59 Å². The third-order valence-corrected chi connectivity index (χ3v) is 4.73. The van der Waals surface area contributed by atoms with Crippen LogP contribution >= 0.6 is 11.3 Å². The fraction of sp³-hybridized carbons (Fsp3) is 0.353. The summed E-state index contributed by atoms with van der Waals surface area (Å²) in [4.78, 5) is 31.6. The smallest absolute Gasteiger partial charge is 0.228 e. The fourth-order valence-corrected chi connectivity index (χ4v) is 3.36. The number of carbonyl (C=O) groups excluding carboxylic acids is 2. The highest BCUT2D eigenvalue weighted by molar-refractivity contribution is 7.10. The van der Waals surface area contributed by atoms with Gasteiger partial charge in [-0.25, -0.2) is 4.98 Å². The average molecular weight is 329 g/mol. The number of likely N-dealkylation sites (N-methyl/N-ethyl adjacent to an activating group) is 1. The molecular formula is C17H19N3O2S. The minimum absolute atomic E-state index is 0.0438. The van der Waals surface area contributed by atoms with Crippen molar-refractivity contribution in [2.45, 2.75) is 19.3 Å². The number of rotatable bonds is 4. The van der Waals surface area contributed by atoms with Crippen LogP contribution in [-0.2, 0) is 16.0 Å². The molecule has 120 valence electrons. The van der Waals surface area contributed by atoms with Crippen molar-refractivity contribution in [3.63, 3.8) is 0 Å². The Bertz CT molecular complexity index is 739. The second-order valence-electron chi connectivity index (χ2n) is 5.79. The van der Waals surface area contributed by atoms with E-state index in [4.69, 9.17) is 0 Å². The predicted molar refractivity (Wildman–Crippen MR) is 91.5 cm³/mol. The number of benzene rings is 1. The molecule has 1 aromatic carbocycles. The Labute approximate surface area is 139 Å². The Hall–Kier alpha value is -2.21. The summed E-state index contributed by atoms with van der Waals surface area (Å²) in [5.74, 6) is 0.222. The summed E-state index contributed by atoms with van der Waals surface area (Å²) in [7, 11) is 3.49. The van der Waals surface area contributed by atoms with E-state index in [1.54, 1.807) is 19.0 Å². The fourth-order valence-electron chi connectivity index (χ4n) is 2.57.